The molecule has 5 nitrogen and oxygen atoms in total. The molecule has 3 aromatic carbocycles. The van der Waals surface area contributed by atoms with Crippen LogP contribution in [-0.4, -0.2) is 4.92 Å². The number of alkyl halides is 3. The third-order valence-corrected chi connectivity index (χ3v) is 4.72. The van der Waals surface area contributed by atoms with E-state index in [1.807, 2.05) is 32.0 Å². The van der Waals surface area contributed by atoms with Gasteiger partial charge in [-0.2, -0.15) is 13.2 Å². The molecule has 156 valence electrons. The van der Waals surface area contributed by atoms with E-state index in [1.54, 1.807) is 24.3 Å². The number of aryl methyl sites for hydroxylation is 1. The van der Waals surface area contributed by atoms with Gasteiger partial charge in [-0.25, -0.2) is 0 Å². The number of benzene rings is 3. The number of hydrogen-bond donors (Lipinski definition) is 1. The molecule has 3 aromatic rings. The Kier molecular flexibility index (Phi) is 5.96. The Morgan fingerprint density at radius 2 is 1.73 bits per heavy atom. The zero-order valence-electron chi connectivity index (χ0n) is 16.3. The predicted octanol–water partition coefficient (Wildman–Crippen LogP) is 6.63. The second-order valence-electron chi connectivity index (χ2n) is 6.78. The molecule has 0 spiro atoms. The van der Waals surface area contributed by atoms with Crippen molar-refractivity contribution in [3.05, 3.63) is 93.0 Å². The molecule has 0 amide bonds. The summed E-state index contributed by atoms with van der Waals surface area (Å²) in [5.41, 5.74) is 2.47. The number of ether oxygens (including phenoxy) is 1. The average molecular weight is 416 g/mol. The Morgan fingerprint density at radius 1 is 1.03 bits per heavy atom. The summed E-state index contributed by atoms with van der Waals surface area (Å²) < 4.78 is 43.9. The standard InChI is InChI=1S/C22H19F3N2O3/c1-14-4-3-5-19(15(14)2)26-13-16-6-9-18(10-7-16)30-21-11-8-17(22(23,24)25)12-20(21)27(28)29/h3-12,26H,13H2,1-2H3. The molecule has 8 heteroatoms. The van der Waals surface area contributed by atoms with Crippen LogP contribution < -0.4 is 10.1 Å². The highest BCUT2D eigenvalue weighted by Crippen LogP contribution is 2.37. The monoisotopic (exact) mass is 416 g/mol. The molecule has 0 aliphatic carbocycles. The van der Waals surface area contributed by atoms with E-state index in [0.29, 0.717) is 12.6 Å². The van der Waals surface area contributed by atoms with Gasteiger partial charge in [0.25, 0.3) is 0 Å². The number of nitrogens with zero attached hydrogens (tertiary/aromatic N) is 1. The number of halogens is 3. The Bertz CT molecular complexity index is 1060. The van der Waals surface area contributed by atoms with Crippen LogP contribution in [-0.2, 0) is 12.7 Å². The SMILES string of the molecule is Cc1cccc(NCc2ccc(Oc3ccc(C(F)(F)F)cc3[N+](=O)[O-])cc2)c1C. The molecule has 0 fully saturated rings. The maximum Gasteiger partial charge on any atom is 0.416 e. The van der Waals surface area contributed by atoms with E-state index in [9.17, 15) is 23.3 Å². The van der Waals surface area contributed by atoms with Crippen molar-refractivity contribution in [3.8, 4) is 11.5 Å². The summed E-state index contributed by atoms with van der Waals surface area (Å²) >= 11 is 0. The second-order valence-corrected chi connectivity index (χ2v) is 6.78. The zero-order chi connectivity index (χ0) is 21.9. The molecule has 3 rings (SSSR count). The smallest absolute Gasteiger partial charge is 0.416 e. The van der Waals surface area contributed by atoms with E-state index in [0.717, 1.165) is 28.9 Å². The maximum absolute atomic E-state index is 12.8. The van der Waals surface area contributed by atoms with Crippen molar-refractivity contribution in [1.82, 2.24) is 0 Å². The summed E-state index contributed by atoms with van der Waals surface area (Å²) in [7, 11) is 0. The maximum atomic E-state index is 12.8. The van der Waals surface area contributed by atoms with Crippen LogP contribution in [0.4, 0.5) is 24.5 Å². The van der Waals surface area contributed by atoms with Gasteiger partial charge in [0.05, 0.1) is 10.5 Å². The zero-order valence-corrected chi connectivity index (χ0v) is 16.3. The molecule has 0 aromatic heterocycles. The van der Waals surface area contributed by atoms with Gasteiger partial charge in [-0.15, -0.1) is 0 Å². The molecular formula is C22H19F3N2O3. The topological polar surface area (TPSA) is 64.4 Å². The van der Waals surface area contributed by atoms with E-state index in [2.05, 4.69) is 5.32 Å². The normalized spacial score (nSPS) is 11.2. The van der Waals surface area contributed by atoms with Gasteiger partial charge in [0.1, 0.15) is 5.75 Å². The highest BCUT2D eigenvalue weighted by Gasteiger charge is 2.33. The number of nitrogens with one attached hydrogen (secondary N) is 1. The van der Waals surface area contributed by atoms with Crippen molar-refractivity contribution in [3.63, 3.8) is 0 Å². The van der Waals surface area contributed by atoms with Gasteiger partial charge in [-0.05, 0) is 60.9 Å². The molecule has 0 saturated carbocycles. The minimum absolute atomic E-state index is 0.255. The average Bonchev–Trinajstić information content (AvgIpc) is 2.69. The first-order chi connectivity index (χ1) is 14.1. The Morgan fingerprint density at radius 3 is 2.37 bits per heavy atom. The Balaban J connectivity index is 1.73. The molecule has 0 radical (unpaired) electrons. The van der Waals surface area contributed by atoms with E-state index in [1.165, 1.54) is 5.56 Å². The minimum Gasteiger partial charge on any atom is -0.450 e. The molecule has 0 saturated heterocycles. The molecule has 0 bridgehead atoms. The molecule has 30 heavy (non-hydrogen) atoms. The van der Waals surface area contributed by atoms with Crippen molar-refractivity contribution in [2.45, 2.75) is 26.6 Å². The number of nitro benzene ring substituents is 1. The number of anilines is 1. The number of nitro groups is 1. The van der Waals surface area contributed by atoms with Crippen molar-refractivity contribution in [1.29, 1.82) is 0 Å². The highest BCUT2D eigenvalue weighted by molar-refractivity contribution is 5.54. The van der Waals surface area contributed by atoms with Crippen LogP contribution in [0.1, 0.15) is 22.3 Å². The van der Waals surface area contributed by atoms with Gasteiger partial charge in [0, 0.05) is 18.3 Å². The Hall–Kier alpha value is -3.55. The fourth-order valence-corrected chi connectivity index (χ4v) is 2.86. The fourth-order valence-electron chi connectivity index (χ4n) is 2.86. The molecular weight excluding hydrogens is 397 g/mol. The van der Waals surface area contributed by atoms with Crippen LogP contribution in [0.5, 0.6) is 11.5 Å². The van der Waals surface area contributed by atoms with Crippen molar-refractivity contribution in [2.75, 3.05) is 5.32 Å². The van der Waals surface area contributed by atoms with Gasteiger partial charge in [0.2, 0.25) is 5.75 Å². The van der Waals surface area contributed by atoms with Gasteiger partial charge < -0.3 is 10.1 Å². The minimum atomic E-state index is -4.67. The van der Waals surface area contributed by atoms with Gasteiger partial charge in [-0.3, -0.25) is 10.1 Å². The van der Waals surface area contributed by atoms with Gasteiger partial charge in [-0.1, -0.05) is 24.3 Å². The lowest BCUT2D eigenvalue weighted by Gasteiger charge is -2.12. The van der Waals surface area contributed by atoms with Crippen LogP contribution in [0.25, 0.3) is 0 Å². The third-order valence-electron chi connectivity index (χ3n) is 4.72. The lowest BCUT2D eigenvalue weighted by atomic mass is 10.1. The lowest BCUT2D eigenvalue weighted by Crippen LogP contribution is -2.06. The summed E-state index contributed by atoms with van der Waals surface area (Å²) in [6, 6.07) is 15.0. The largest absolute Gasteiger partial charge is 0.450 e. The molecule has 0 heterocycles. The van der Waals surface area contributed by atoms with Gasteiger partial charge >= 0.3 is 11.9 Å². The number of hydrogen-bond acceptors (Lipinski definition) is 4. The first-order valence-corrected chi connectivity index (χ1v) is 9.07. The fraction of sp³-hybridized carbons (Fsp3) is 0.182. The van der Waals surface area contributed by atoms with Crippen molar-refractivity contribution >= 4 is 11.4 Å². The van der Waals surface area contributed by atoms with Crippen LogP contribution in [0.2, 0.25) is 0 Å². The summed E-state index contributed by atoms with van der Waals surface area (Å²) in [6.07, 6.45) is -4.67. The summed E-state index contributed by atoms with van der Waals surface area (Å²) in [4.78, 5) is 10.3. The van der Waals surface area contributed by atoms with Crippen molar-refractivity contribution < 1.29 is 22.8 Å². The summed E-state index contributed by atoms with van der Waals surface area (Å²) in [5.74, 6) is 0.0302. The Labute approximate surface area is 171 Å². The van der Waals surface area contributed by atoms with E-state index < -0.39 is 22.4 Å². The summed E-state index contributed by atoms with van der Waals surface area (Å²) in [5, 5.41) is 14.5. The van der Waals surface area contributed by atoms with E-state index in [-0.39, 0.29) is 11.5 Å². The predicted molar refractivity (Wildman–Crippen MR) is 108 cm³/mol. The van der Waals surface area contributed by atoms with E-state index in [4.69, 9.17) is 4.74 Å². The third kappa shape index (κ3) is 4.89. The highest BCUT2D eigenvalue weighted by atomic mass is 19.4. The van der Waals surface area contributed by atoms with E-state index >= 15 is 0 Å². The first-order valence-electron chi connectivity index (χ1n) is 9.07. The molecule has 0 aliphatic heterocycles. The summed E-state index contributed by atoms with van der Waals surface area (Å²) in [6.45, 7) is 4.63. The number of rotatable bonds is 6. The lowest BCUT2D eigenvalue weighted by molar-refractivity contribution is -0.385. The molecule has 0 unspecified atom stereocenters. The quantitative estimate of drug-likeness (QED) is 0.362. The molecule has 0 atom stereocenters. The van der Waals surface area contributed by atoms with Crippen LogP contribution in [0, 0.1) is 24.0 Å². The van der Waals surface area contributed by atoms with Crippen LogP contribution in [0.3, 0.4) is 0 Å². The first kappa shape index (κ1) is 21.2. The van der Waals surface area contributed by atoms with Crippen LogP contribution in [0.15, 0.2) is 60.7 Å². The van der Waals surface area contributed by atoms with Gasteiger partial charge in [0.15, 0.2) is 0 Å². The second kappa shape index (κ2) is 8.44. The van der Waals surface area contributed by atoms with Crippen LogP contribution >= 0.6 is 0 Å². The molecule has 0 aliphatic rings. The van der Waals surface area contributed by atoms with Crippen molar-refractivity contribution in [2.24, 2.45) is 0 Å². The molecule has 1 N–H and O–H groups in total.